The van der Waals surface area contributed by atoms with Crippen LogP contribution in [-0.4, -0.2) is 68.5 Å². The summed E-state index contributed by atoms with van der Waals surface area (Å²) in [7, 11) is 0. The van der Waals surface area contributed by atoms with E-state index >= 15 is 0 Å². The molecule has 17 rings (SSSR count). The van der Waals surface area contributed by atoms with Crippen molar-refractivity contribution in [2.24, 2.45) is 10.8 Å². The van der Waals surface area contributed by atoms with Crippen molar-refractivity contribution in [2.45, 2.75) is 102 Å². The number of aliphatic hydroxyl groups is 4. The fourth-order valence-corrected chi connectivity index (χ4v) is 13.0. The van der Waals surface area contributed by atoms with E-state index < -0.39 is 5.41 Å². The van der Waals surface area contributed by atoms with E-state index in [9.17, 15) is 24.3 Å². The number of carbonyl (C=O) groups excluding carboxylic acids is 4. The van der Waals surface area contributed by atoms with E-state index in [-0.39, 0.29) is 137 Å². The maximum Gasteiger partial charge on any atom is 0.164 e. The van der Waals surface area contributed by atoms with Gasteiger partial charge in [-0.2, -0.15) is 0 Å². The van der Waals surface area contributed by atoms with Crippen LogP contribution in [0.2, 0.25) is 0 Å². The van der Waals surface area contributed by atoms with Crippen LogP contribution < -0.4 is 0 Å². The molecule has 11 aromatic carbocycles. The number of ketones is 4. The van der Waals surface area contributed by atoms with Gasteiger partial charge in [0, 0.05) is 127 Å². The van der Waals surface area contributed by atoms with Gasteiger partial charge in [-0.15, -0.1) is 117 Å². The number of allylic oxidation sites excluding steroid dienone is 8. The molecule has 0 saturated heterocycles. The van der Waals surface area contributed by atoms with Crippen molar-refractivity contribution in [2.75, 3.05) is 0 Å². The zero-order chi connectivity index (χ0) is 87.0. The topological polar surface area (TPSA) is 214 Å². The largest absolute Gasteiger partial charge is 0.512 e. The molecule has 0 spiro atoms. The van der Waals surface area contributed by atoms with Crippen LogP contribution in [0.5, 0.6) is 0 Å². The molecule has 4 N–H and O–H groups in total. The van der Waals surface area contributed by atoms with Crippen molar-refractivity contribution in [1.29, 1.82) is 0 Å². The Morgan fingerprint density at radius 2 is 0.760 bits per heavy atom. The van der Waals surface area contributed by atoms with Gasteiger partial charge in [0.05, 0.1) is 39.3 Å². The molecule has 1 aliphatic rings. The Hall–Kier alpha value is -11.8. The van der Waals surface area contributed by atoms with Crippen molar-refractivity contribution >= 4 is 88.3 Å². The Balaban J connectivity index is 0.000000229. The van der Waals surface area contributed by atoms with Crippen molar-refractivity contribution in [3.8, 4) is 67.4 Å². The number of hydrogen-bond acceptors (Lipinski definition) is 13. The minimum atomic E-state index is -0.417. The van der Waals surface area contributed by atoms with Crippen LogP contribution in [0.15, 0.2) is 345 Å². The Labute approximate surface area is 787 Å². The van der Waals surface area contributed by atoms with Gasteiger partial charge in [0.2, 0.25) is 0 Å². The summed E-state index contributed by atoms with van der Waals surface area (Å²) in [6, 6.07) is 113. The second-order valence-electron chi connectivity index (χ2n) is 31.6. The Morgan fingerprint density at radius 1 is 0.352 bits per heavy atom. The predicted octanol–water partition coefficient (Wildman–Crippen LogP) is 26.7. The monoisotopic (exact) mass is 2370 g/mol. The number of hydrogen-bond donors (Lipinski definition) is 4. The second-order valence-corrected chi connectivity index (χ2v) is 31.6. The average Bonchev–Trinajstić information content (AvgIpc) is 1.58. The van der Waals surface area contributed by atoms with E-state index in [0.29, 0.717) is 0 Å². The molecule has 0 amide bonds. The summed E-state index contributed by atoms with van der Waals surface area (Å²) in [5, 5.41) is 44.1. The Morgan fingerprint density at radius 3 is 1.21 bits per heavy atom. The third kappa shape index (κ3) is 29.4. The molecule has 16 aromatic rings. The number of nitrogens with zero attached hydrogens (tertiary/aromatic N) is 5. The van der Waals surface area contributed by atoms with Crippen LogP contribution in [0, 0.1) is 35.1 Å². The standard InChI is InChI=1S/C24H18N.C20H13N2.2C19H12N.C11H20O2.3C5H8O2.4Ir/c1-24(2)20-9-5-4-8-18(20)19-13-11-17(15-21(19)24)23-14-12-16-7-3-6-10-22(16)25-23;1-2-7-19-15(5-1)12-13-20(22-19)17-10-8-16(9-11-17)18-6-3-4-14-21-18;1-3-9-16-14(6-1)8-5-10-17(16)19-13-12-15-7-2-4-11-18(15)20-19;1-2-7-16-13-17(10-9-14(16)5-1)19-12-11-15-6-3-4-8-18(15)20-19;1-10(2,3)8(12)7-9(13)11(4,5)6;3*1-4(6)3-5(2)7;;;;/h3-14H,1-2H3;1-10,12-14H;2*1-9,11-13H;7,12H,1-6H3;3*3,6H,1-2H3;;;;/q4*-1;;;;;;;;. The fraction of sp³-hybridized carbons (Fsp3) is 0.157. The number of aliphatic hydroxyl groups excluding tert-OH is 4. The molecule has 0 saturated carbocycles. The van der Waals surface area contributed by atoms with E-state index in [1.54, 1.807) is 6.20 Å². The Kier molecular flexibility index (Phi) is 39.0. The molecule has 17 heteroatoms. The summed E-state index contributed by atoms with van der Waals surface area (Å²) >= 11 is 0. The minimum Gasteiger partial charge on any atom is -0.512 e. The number of para-hydroxylation sites is 4. The van der Waals surface area contributed by atoms with Crippen molar-refractivity contribution in [3.63, 3.8) is 0 Å². The van der Waals surface area contributed by atoms with Crippen molar-refractivity contribution in [1.82, 2.24) is 24.9 Å². The quantitative estimate of drug-likeness (QED) is 0.0602. The van der Waals surface area contributed by atoms with Crippen LogP contribution in [0.3, 0.4) is 0 Å². The normalized spacial score (nSPS) is 11.7. The van der Waals surface area contributed by atoms with Gasteiger partial charge in [-0.25, -0.2) is 0 Å². The van der Waals surface area contributed by atoms with Gasteiger partial charge in [-0.05, 0) is 133 Å². The number of pyridine rings is 5. The fourth-order valence-electron chi connectivity index (χ4n) is 13.0. The van der Waals surface area contributed by atoms with E-state index in [4.69, 9.17) is 35.3 Å². The van der Waals surface area contributed by atoms with E-state index in [2.05, 4.69) is 213 Å². The molecule has 0 atom stereocenters. The molecule has 13 nitrogen and oxygen atoms in total. The third-order valence-electron chi connectivity index (χ3n) is 19.1. The summed E-state index contributed by atoms with van der Waals surface area (Å²) < 4.78 is 0. The Bertz CT molecular complexity index is 6340. The first-order valence-corrected chi connectivity index (χ1v) is 39.7. The number of carbonyl (C=O) groups is 4. The summed E-state index contributed by atoms with van der Waals surface area (Å²) in [6.07, 6.45) is 6.63. The number of benzene rings is 11. The average molecular weight is 2360 g/mol. The van der Waals surface area contributed by atoms with Gasteiger partial charge in [0.1, 0.15) is 5.76 Å². The first kappa shape index (κ1) is 102. The molecular weight excluding hydrogens is 2260 g/mol. The van der Waals surface area contributed by atoms with E-state index in [1.807, 2.05) is 163 Å². The molecule has 0 bridgehead atoms. The van der Waals surface area contributed by atoms with E-state index in [0.717, 1.165) is 94.5 Å². The number of aromatic nitrogens is 5. The molecule has 125 heavy (non-hydrogen) atoms. The van der Waals surface area contributed by atoms with Gasteiger partial charge >= 0.3 is 0 Å². The summed E-state index contributed by atoms with van der Waals surface area (Å²) in [6.45, 7) is 24.2. The van der Waals surface area contributed by atoms with Crippen LogP contribution in [-0.2, 0) is 105 Å². The molecule has 0 aliphatic heterocycles. The van der Waals surface area contributed by atoms with E-state index in [1.165, 1.54) is 115 Å². The summed E-state index contributed by atoms with van der Waals surface area (Å²) in [5.41, 5.74) is 18.6. The molecule has 5 heterocycles. The second kappa shape index (κ2) is 47.9. The molecule has 0 fully saturated rings. The van der Waals surface area contributed by atoms with Crippen LogP contribution in [0.25, 0.3) is 133 Å². The molecule has 0 unspecified atom stereocenters. The van der Waals surface area contributed by atoms with Gasteiger partial charge in [0.15, 0.2) is 23.1 Å². The SMILES string of the molecule is CC(=O)C=C(C)O.CC(=O)C=C(C)O.CC(=O)C=C(C)O.CC(C)(C)C(=O)C=C(O)C(C)(C)C.CC1(C)c2[c-]c(-c3ccc4ccccc4n3)ccc2-c2ccccc21.[Ir].[Ir].[Ir].[Ir].[c-]1cc(-c2ccccn2)ccc1-c1ccc2ccccc2n1.[c-]1cc2ccccc2cc1-c1ccc2ccccc2n1.[c-]1ccc2ccccc2c1-c1ccc2ccccc2n1. The van der Waals surface area contributed by atoms with Crippen LogP contribution >= 0.6 is 0 Å². The predicted molar refractivity (Wildman–Crippen MR) is 496 cm³/mol. The number of rotatable bonds is 9. The minimum absolute atomic E-state index is 0. The smallest absolute Gasteiger partial charge is 0.164 e. The first-order chi connectivity index (χ1) is 57.8. The maximum absolute atomic E-state index is 11.5. The molecule has 5 aromatic heterocycles. The zero-order valence-electron chi connectivity index (χ0n) is 72.1. The van der Waals surface area contributed by atoms with Gasteiger partial charge in [-0.3, -0.25) is 44.1 Å². The summed E-state index contributed by atoms with van der Waals surface area (Å²) in [4.78, 5) is 64.9. The summed E-state index contributed by atoms with van der Waals surface area (Å²) in [5.74, 6) is -0.0835. The van der Waals surface area contributed by atoms with Crippen molar-refractivity contribution < 1.29 is 120 Å². The maximum atomic E-state index is 11.5. The molecule has 1 aliphatic carbocycles. The zero-order valence-corrected chi connectivity index (χ0v) is 81.7. The first-order valence-electron chi connectivity index (χ1n) is 39.7. The molecule has 4 radical (unpaired) electrons. The third-order valence-corrected chi connectivity index (χ3v) is 19.1. The van der Waals surface area contributed by atoms with Crippen molar-refractivity contribution in [3.05, 3.63) is 380 Å². The van der Waals surface area contributed by atoms with Crippen LogP contribution in [0.1, 0.15) is 108 Å². The molecular formula is C108H99Ir4N5O8-4. The van der Waals surface area contributed by atoms with Gasteiger partial charge in [-0.1, -0.05) is 283 Å². The number of fused-ring (bicyclic) bond motifs is 9. The van der Waals surface area contributed by atoms with Gasteiger partial charge in [0.25, 0.3) is 0 Å². The van der Waals surface area contributed by atoms with Crippen LogP contribution in [0.4, 0.5) is 0 Å². The van der Waals surface area contributed by atoms with Gasteiger partial charge < -0.3 is 20.4 Å². The molecule has 644 valence electrons.